The van der Waals surface area contributed by atoms with Crippen molar-refractivity contribution in [2.24, 2.45) is 0 Å². The van der Waals surface area contributed by atoms with E-state index in [0.717, 1.165) is 17.0 Å². The lowest BCUT2D eigenvalue weighted by molar-refractivity contribution is -0.121. The van der Waals surface area contributed by atoms with Crippen LogP contribution in [0, 0.1) is 19.7 Å². The van der Waals surface area contributed by atoms with Crippen LogP contribution in [0.1, 0.15) is 28.9 Å². The van der Waals surface area contributed by atoms with Crippen LogP contribution in [-0.4, -0.2) is 35.5 Å². The van der Waals surface area contributed by atoms with E-state index in [1.54, 1.807) is 27.4 Å². The topological polar surface area (TPSA) is 90.0 Å². The van der Waals surface area contributed by atoms with E-state index in [0.29, 0.717) is 29.9 Å². The Morgan fingerprint density at radius 3 is 2.79 bits per heavy atom. The van der Waals surface area contributed by atoms with Crippen LogP contribution < -0.4 is 5.32 Å². The number of amides is 1. The SMILES string of the molecule is Cc1nn(-c2ccc3nncn3n2)c(C)c1CCC(=O)NCc1ccccc1F. The van der Waals surface area contributed by atoms with Gasteiger partial charge in [-0.25, -0.2) is 9.07 Å². The first-order valence-electron chi connectivity index (χ1n) is 9.25. The Bertz CT molecular complexity index is 1180. The maximum atomic E-state index is 13.7. The third-order valence-corrected chi connectivity index (χ3v) is 4.84. The van der Waals surface area contributed by atoms with Gasteiger partial charge in [-0.05, 0) is 44.0 Å². The molecule has 3 heterocycles. The number of carbonyl (C=O) groups excluding carboxylic acids is 1. The molecule has 4 rings (SSSR count). The molecule has 1 N–H and O–H groups in total. The second kappa shape index (κ2) is 7.78. The Balaban J connectivity index is 1.44. The highest BCUT2D eigenvalue weighted by Gasteiger charge is 2.15. The fraction of sp³-hybridized carbons (Fsp3) is 0.250. The summed E-state index contributed by atoms with van der Waals surface area (Å²) in [5.41, 5.74) is 3.88. The van der Waals surface area contributed by atoms with Gasteiger partial charge in [-0.1, -0.05) is 18.2 Å². The van der Waals surface area contributed by atoms with Gasteiger partial charge in [0, 0.05) is 24.2 Å². The van der Waals surface area contributed by atoms with Crippen molar-refractivity contribution >= 4 is 11.6 Å². The lowest BCUT2D eigenvalue weighted by atomic mass is 10.1. The molecule has 29 heavy (non-hydrogen) atoms. The highest BCUT2D eigenvalue weighted by molar-refractivity contribution is 5.76. The molecule has 0 aliphatic heterocycles. The van der Waals surface area contributed by atoms with E-state index in [4.69, 9.17) is 0 Å². The van der Waals surface area contributed by atoms with Crippen molar-refractivity contribution in [3.63, 3.8) is 0 Å². The van der Waals surface area contributed by atoms with Gasteiger partial charge in [0.25, 0.3) is 0 Å². The van der Waals surface area contributed by atoms with Crippen LogP contribution in [0.25, 0.3) is 11.5 Å². The molecule has 0 atom stereocenters. The number of halogens is 1. The van der Waals surface area contributed by atoms with Crippen molar-refractivity contribution < 1.29 is 9.18 Å². The molecule has 0 radical (unpaired) electrons. The summed E-state index contributed by atoms with van der Waals surface area (Å²) in [6.07, 6.45) is 2.36. The van der Waals surface area contributed by atoms with Crippen molar-refractivity contribution in [2.75, 3.05) is 0 Å². The van der Waals surface area contributed by atoms with Crippen LogP contribution in [0.2, 0.25) is 0 Å². The van der Waals surface area contributed by atoms with Crippen LogP contribution in [0.15, 0.2) is 42.7 Å². The second-order valence-corrected chi connectivity index (χ2v) is 6.75. The first-order chi connectivity index (χ1) is 14.0. The summed E-state index contributed by atoms with van der Waals surface area (Å²) in [6, 6.07) is 10.1. The van der Waals surface area contributed by atoms with Crippen LogP contribution in [0.5, 0.6) is 0 Å². The maximum absolute atomic E-state index is 13.7. The summed E-state index contributed by atoms with van der Waals surface area (Å²) in [7, 11) is 0. The third kappa shape index (κ3) is 3.84. The Morgan fingerprint density at radius 2 is 1.97 bits per heavy atom. The van der Waals surface area contributed by atoms with Crippen molar-refractivity contribution in [2.45, 2.75) is 33.2 Å². The summed E-state index contributed by atoms with van der Waals surface area (Å²) < 4.78 is 17.0. The zero-order valence-corrected chi connectivity index (χ0v) is 16.1. The van der Waals surface area contributed by atoms with Gasteiger partial charge in [0.1, 0.15) is 12.1 Å². The number of fused-ring (bicyclic) bond motifs is 1. The standard InChI is InChI=1S/C20H20FN7O/c1-13-16(7-10-20(29)22-11-15-5-3-4-6-17(15)21)14(2)28(25-13)19-9-8-18-24-23-12-27(18)26-19/h3-6,8-9,12H,7,10-11H2,1-2H3,(H,22,29). The molecule has 0 fully saturated rings. The fourth-order valence-electron chi connectivity index (χ4n) is 3.25. The maximum Gasteiger partial charge on any atom is 0.220 e. The number of rotatable bonds is 6. The van der Waals surface area contributed by atoms with Crippen LogP contribution in [-0.2, 0) is 17.8 Å². The Labute approximate surface area is 166 Å². The first-order valence-corrected chi connectivity index (χ1v) is 9.25. The summed E-state index contributed by atoms with van der Waals surface area (Å²) in [5, 5.41) is 19.6. The summed E-state index contributed by atoms with van der Waals surface area (Å²) in [4.78, 5) is 12.2. The van der Waals surface area contributed by atoms with E-state index in [-0.39, 0.29) is 18.3 Å². The molecule has 9 heteroatoms. The van der Waals surface area contributed by atoms with E-state index in [9.17, 15) is 9.18 Å². The number of benzene rings is 1. The molecule has 0 aliphatic rings. The van der Waals surface area contributed by atoms with E-state index in [1.807, 2.05) is 26.0 Å². The number of carbonyl (C=O) groups is 1. The number of aromatic nitrogens is 6. The summed E-state index contributed by atoms with van der Waals surface area (Å²) >= 11 is 0. The quantitative estimate of drug-likeness (QED) is 0.543. The highest BCUT2D eigenvalue weighted by Crippen LogP contribution is 2.18. The van der Waals surface area contributed by atoms with Crippen LogP contribution in [0.3, 0.4) is 0 Å². The zero-order chi connectivity index (χ0) is 20.4. The summed E-state index contributed by atoms with van der Waals surface area (Å²) in [6.45, 7) is 4.03. The molecular formula is C20H20FN7O. The number of nitrogens with zero attached hydrogens (tertiary/aromatic N) is 6. The molecule has 1 aromatic carbocycles. The van der Waals surface area contributed by atoms with E-state index in [1.165, 1.54) is 12.4 Å². The molecule has 0 bridgehead atoms. The van der Waals surface area contributed by atoms with Gasteiger partial charge in [0.05, 0.1) is 5.69 Å². The average Bonchev–Trinajstić information content (AvgIpc) is 3.29. The molecule has 0 saturated heterocycles. The van der Waals surface area contributed by atoms with Gasteiger partial charge >= 0.3 is 0 Å². The largest absolute Gasteiger partial charge is 0.352 e. The molecule has 1 amide bonds. The number of aryl methyl sites for hydroxylation is 1. The van der Waals surface area contributed by atoms with E-state index >= 15 is 0 Å². The van der Waals surface area contributed by atoms with E-state index < -0.39 is 0 Å². The molecule has 3 aromatic heterocycles. The molecule has 0 saturated carbocycles. The fourth-order valence-corrected chi connectivity index (χ4v) is 3.25. The Morgan fingerprint density at radius 1 is 1.14 bits per heavy atom. The minimum Gasteiger partial charge on any atom is -0.352 e. The highest BCUT2D eigenvalue weighted by atomic mass is 19.1. The van der Waals surface area contributed by atoms with Crippen LogP contribution in [0.4, 0.5) is 4.39 Å². The number of hydrogen-bond acceptors (Lipinski definition) is 5. The lowest BCUT2D eigenvalue weighted by Crippen LogP contribution is -2.23. The minimum absolute atomic E-state index is 0.135. The smallest absolute Gasteiger partial charge is 0.220 e. The van der Waals surface area contributed by atoms with Crippen LogP contribution >= 0.6 is 0 Å². The summed E-state index contributed by atoms with van der Waals surface area (Å²) in [5.74, 6) is 0.190. The van der Waals surface area contributed by atoms with Gasteiger partial charge < -0.3 is 5.32 Å². The molecule has 8 nitrogen and oxygen atoms in total. The predicted molar refractivity (Wildman–Crippen MR) is 104 cm³/mol. The third-order valence-electron chi connectivity index (χ3n) is 4.84. The molecule has 4 aromatic rings. The number of nitrogens with one attached hydrogen (secondary N) is 1. The van der Waals surface area contributed by atoms with Gasteiger partial charge in [0.15, 0.2) is 11.5 Å². The average molecular weight is 393 g/mol. The Kier molecular flexibility index (Phi) is 5.03. The molecular weight excluding hydrogens is 373 g/mol. The van der Waals surface area contributed by atoms with Gasteiger partial charge in [-0.3, -0.25) is 4.79 Å². The molecule has 0 aliphatic carbocycles. The molecule has 0 unspecified atom stereocenters. The van der Waals surface area contributed by atoms with Gasteiger partial charge in [-0.15, -0.1) is 15.3 Å². The predicted octanol–water partition coefficient (Wildman–Crippen LogP) is 2.31. The zero-order valence-electron chi connectivity index (χ0n) is 16.1. The molecule has 0 spiro atoms. The number of hydrogen-bond donors (Lipinski definition) is 1. The van der Waals surface area contributed by atoms with E-state index in [2.05, 4.69) is 25.7 Å². The van der Waals surface area contributed by atoms with Crippen molar-refractivity contribution in [1.82, 2.24) is 34.9 Å². The second-order valence-electron chi connectivity index (χ2n) is 6.75. The minimum atomic E-state index is -0.321. The first kappa shape index (κ1) is 18.7. The van der Waals surface area contributed by atoms with Crippen molar-refractivity contribution in [1.29, 1.82) is 0 Å². The normalized spacial score (nSPS) is 11.1. The monoisotopic (exact) mass is 393 g/mol. The van der Waals surface area contributed by atoms with Crippen molar-refractivity contribution in [3.8, 4) is 5.82 Å². The van der Waals surface area contributed by atoms with Gasteiger partial charge in [-0.2, -0.15) is 9.61 Å². The van der Waals surface area contributed by atoms with Gasteiger partial charge in [0.2, 0.25) is 5.91 Å². The molecule has 148 valence electrons. The van der Waals surface area contributed by atoms with Crippen molar-refractivity contribution in [3.05, 3.63) is 71.1 Å². The lowest BCUT2D eigenvalue weighted by Gasteiger charge is -2.07. The Hall–Kier alpha value is -3.62.